The van der Waals surface area contributed by atoms with Crippen molar-refractivity contribution in [1.82, 2.24) is 4.98 Å². The smallest absolute Gasteiger partial charge is 0.0717 e. The third kappa shape index (κ3) is 5.69. The minimum absolute atomic E-state index is 0.598. The summed E-state index contributed by atoms with van der Waals surface area (Å²) in [5, 5.41) is 1.71. The molecule has 0 unspecified atom stereocenters. The molecule has 0 saturated carbocycles. The van der Waals surface area contributed by atoms with Crippen molar-refractivity contribution in [3.05, 3.63) is 41.0 Å². The maximum absolute atomic E-state index is 6.05. The molecule has 0 radical (unpaired) electrons. The van der Waals surface area contributed by atoms with Gasteiger partial charge in [-0.15, -0.1) is 12.3 Å². The number of aromatic nitrogens is 1. The summed E-state index contributed by atoms with van der Waals surface area (Å²) in [5.41, 5.74) is 2.02. The van der Waals surface area contributed by atoms with E-state index in [0.717, 1.165) is 21.5 Å². The van der Waals surface area contributed by atoms with Gasteiger partial charge in [-0.25, -0.2) is 0 Å². The number of rotatable bonds is 2. The van der Waals surface area contributed by atoms with E-state index in [2.05, 4.69) is 29.0 Å². The first-order valence-electron chi connectivity index (χ1n) is 5.45. The van der Waals surface area contributed by atoms with E-state index in [4.69, 9.17) is 16.3 Å². The van der Waals surface area contributed by atoms with E-state index in [1.165, 1.54) is 0 Å². The maximum Gasteiger partial charge on any atom is 0.0717 e. The van der Waals surface area contributed by atoms with Crippen molar-refractivity contribution in [3.8, 4) is 12.3 Å². The molecule has 0 aliphatic carbocycles. The molecule has 2 rings (SSSR count). The van der Waals surface area contributed by atoms with Gasteiger partial charge in [0.15, 0.2) is 0 Å². The van der Waals surface area contributed by atoms with E-state index in [1.807, 2.05) is 18.2 Å². The second-order valence-corrected chi connectivity index (χ2v) is 3.77. The zero-order valence-electron chi connectivity index (χ0n) is 11.1. The average molecular weight is 280 g/mol. The highest BCUT2D eigenvalue weighted by atomic mass is 35.5. The third-order valence-electron chi connectivity index (χ3n) is 2.06. The first-order chi connectivity index (χ1) is 9.22. The number of nitrogens with two attached hydrogens (primary N) is 2. The van der Waals surface area contributed by atoms with Gasteiger partial charge in [0.2, 0.25) is 0 Å². The van der Waals surface area contributed by atoms with Crippen LogP contribution in [0.15, 0.2) is 30.5 Å². The molecular formula is C14H18ClN3O. The Hall–Kier alpha value is -1.64. The van der Waals surface area contributed by atoms with Crippen LogP contribution in [-0.4, -0.2) is 12.1 Å². The van der Waals surface area contributed by atoms with Crippen LogP contribution >= 0.6 is 11.6 Å². The van der Waals surface area contributed by atoms with Crippen LogP contribution in [0.2, 0.25) is 5.02 Å². The van der Waals surface area contributed by atoms with Gasteiger partial charge in [-0.2, -0.15) is 0 Å². The van der Waals surface area contributed by atoms with Gasteiger partial charge in [-0.3, -0.25) is 16.7 Å². The number of nitrogens with zero attached hydrogens (tertiary/aromatic N) is 1. The standard InChI is InChI=1S/C11H10ClNO.C3H4.H4N2/c1-14-7-8-2-3-11-9(6-8)10(12)4-5-13-11;1-3-2;1-2/h2-6H,7H2,1H3;1H,2H3;1-2H2. The van der Waals surface area contributed by atoms with Crippen molar-refractivity contribution in [2.45, 2.75) is 13.5 Å². The lowest BCUT2D eigenvalue weighted by Crippen LogP contribution is -2.02. The molecule has 0 aliphatic heterocycles. The Morgan fingerprint density at radius 1 is 1.37 bits per heavy atom. The lowest BCUT2D eigenvalue weighted by atomic mass is 10.1. The van der Waals surface area contributed by atoms with E-state index in [0.29, 0.717) is 6.61 Å². The molecule has 0 spiro atoms. The minimum Gasteiger partial charge on any atom is -0.380 e. The van der Waals surface area contributed by atoms with Crippen molar-refractivity contribution in [1.29, 1.82) is 0 Å². The van der Waals surface area contributed by atoms with Crippen molar-refractivity contribution in [3.63, 3.8) is 0 Å². The Kier molecular flexibility index (Phi) is 9.41. The summed E-state index contributed by atoms with van der Waals surface area (Å²) in [5.74, 6) is 10.2. The number of hydrogen-bond acceptors (Lipinski definition) is 4. The first-order valence-corrected chi connectivity index (χ1v) is 5.83. The molecule has 0 bridgehead atoms. The Bertz CT molecular complexity index is 538. The monoisotopic (exact) mass is 279 g/mol. The Morgan fingerprint density at radius 3 is 2.58 bits per heavy atom. The van der Waals surface area contributed by atoms with Crippen LogP contribution in [0.1, 0.15) is 12.5 Å². The number of fused-ring (bicyclic) bond motifs is 1. The first kappa shape index (κ1) is 17.4. The number of benzene rings is 1. The van der Waals surface area contributed by atoms with Crippen LogP contribution in [0.4, 0.5) is 0 Å². The summed E-state index contributed by atoms with van der Waals surface area (Å²) < 4.78 is 5.05. The molecule has 102 valence electrons. The highest BCUT2D eigenvalue weighted by Crippen LogP contribution is 2.22. The van der Waals surface area contributed by atoms with Gasteiger partial charge in [0.25, 0.3) is 0 Å². The fraction of sp³-hybridized carbons (Fsp3) is 0.214. The highest BCUT2D eigenvalue weighted by Gasteiger charge is 2.00. The Morgan fingerprint density at radius 2 is 2.00 bits per heavy atom. The molecule has 2 aromatic rings. The average Bonchev–Trinajstić information content (AvgIpc) is 2.43. The van der Waals surface area contributed by atoms with Crippen LogP contribution in [0.5, 0.6) is 0 Å². The molecule has 19 heavy (non-hydrogen) atoms. The largest absolute Gasteiger partial charge is 0.380 e. The summed E-state index contributed by atoms with van der Waals surface area (Å²) in [7, 11) is 1.68. The van der Waals surface area contributed by atoms with Gasteiger partial charge in [-0.05, 0) is 30.7 Å². The van der Waals surface area contributed by atoms with E-state index in [9.17, 15) is 0 Å². The maximum atomic E-state index is 6.05. The van der Waals surface area contributed by atoms with Crippen LogP contribution in [0, 0.1) is 12.3 Å². The van der Waals surface area contributed by atoms with Crippen LogP contribution in [0.3, 0.4) is 0 Å². The number of hydrogen-bond donors (Lipinski definition) is 2. The molecule has 0 saturated heterocycles. The number of methoxy groups -OCH3 is 1. The molecule has 0 atom stereocenters. The number of hydrazine groups is 1. The van der Waals surface area contributed by atoms with Crippen LogP contribution in [0.25, 0.3) is 10.9 Å². The molecule has 1 aromatic carbocycles. The van der Waals surface area contributed by atoms with E-state index in [1.54, 1.807) is 26.3 Å². The lowest BCUT2D eigenvalue weighted by molar-refractivity contribution is 0.185. The molecule has 0 fully saturated rings. The van der Waals surface area contributed by atoms with Crippen molar-refractivity contribution in [2.75, 3.05) is 7.11 Å². The number of pyridine rings is 1. The van der Waals surface area contributed by atoms with Gasteiger partial charge in [0.1, 0.15) is 0 Å². The van der Waals surface area contributed by atoms with Crippen LogP contribution < -0.4 is 11.7 Å². The molecule has 0 amide bonds. The van der Waals surface area contributed by atoms with Gasteiger partial charge >= 0.3 is 0 Å². The van der Waals surface area contributed by atoms with E-state index >= 15 is 0 Å². The second-order valence-electron chi connectivity index (χ2n) is 3.37. The predicted molar refractivity (Wildman–Crippen MR) is 80.3 cm³/mol. The van der Waals surface area contributed by atoms with Crippen molar-refractivity contribution < 1.29 is 4.74 Å². The SMILES string of the molecule is C#CC.COCc1ccc2nccc(Cl)c2c1.NN. The molecule has 4 N–H and O–H groups in total. The van der Waals surface area contributed by atoms with Gasteiger partial charge in [-0.1, -0.05) is 17.7 Å². The molecular weight excluding hydrogens is 262 g/mol. The molecule has 0 aliphatic rings. The third-order valence-corrected chi connectivity index (χ3v) is 2.39. The fourth-order valence-corrected chi connectivity index (χ4v) is 1.62. The minimum atomic E-state index is 0.598. The Labute approximate surface area is 118 Å². The van der Waals surface area contributed by atoms with Gasteiger partial charge in [0.05, 0.1) is 17.1 Å². The summed E-state index contributed by atoms with van der Waals surface area (Å²) in [6.07, 6.45) is 6.31. The lowest BCUT2D eigenvalue weighted by Gasteiger charge is -2.03. The number of ether oxygens (including phenoxy) is 1. The fourth-order valence-electron chi connectivity index (χ4n) is 1.42. The van der Waals surface area contributed by atoms with Crippen molar-refractivity contribution >= 4 is 22.5 Å². The normalized spacial score (nSPS) is 8.63. The second kappa shape index (κ2) is 10.3. The number of terminal acetylenes is 1. The van der Waals surface area contributed by atoms with Crippen LogP contribution in [-0.2, 0) is 11.3 Å². The summed E-state index contributed by atoms with van der Waals surface area (Å²) in [6, 6.07) is 7.75. The molecule has 5 heteroatoms. The zero-order chi connectivity index (χ0) is 14.7. The van der Waals surface area contributed by atoms with E-state index < -0.39 is 0 Å². The summed E-state index contributed by atoms with van der Waals surface area (Å²) in [6.45, 7) is 2.25. The van der Waals surface area contributed by atoms with Crippen molar-refractivity contribution in [2.24, 2.45) is 11.7 Å². The molecule has 4 nitrogen and oxygen atoms in total. The highest BCUT2D eigenvalue weighted by molar-refractivity contribution is 6.35. The topological polar surface area (TPSA) is 74.2 Å². The molecule has 1 heterocycles. The molecule has 1 aromatic heterocycles. The van der Waals surface area contributed by atoms with Gasteiger partial charge in [0, 0.05) is 18.7 Å². The summed E-state index contributed by atoms with van der Waals surface area (Å²) >= 11 is 6.05. The quantitative estimate of drug-likeness (QED) is 0.503. The predicted octanol–water partition coefficient (Wildman–Crippen LogP) is 2.49. The number of halogens is 1. The van der Waals surface area contributed by atoms with E-state index in [-0.39, 0.29) is 0 Å². The van der Waals surface area contributed by atoms with Gasteiger partial charge < -0.3 is 4.74 Å². The Balaban J connectivity index is 0.000000573. The zero-order valence-corrected chi connectivity index (χ0v) is 11.8. The summed E-state index contributed by atoms with van der Waals surface area (Å²) in [4.78, 5) is 4.22.